The highest BCUT2D eigenvalue weighted by Crippen LogP contribution is 2.50. The van der Waals surface area contributed by atoms with E-state index in [0.29, 0.717) is 12.3 Å². The molecule has 0 aromatic heterocycles. The van der Waals surface area contributed by atoms with E-state index in [9.17, 15) is 4.79 Å². The normalized spacial score (nSPS) is 23.4. The predicted octanol–water partition coefficient (Wildman–Crippen LogP) is 6.40. The summed E-state index contributed by atoms with van der Waals surface area (Å²) in [6, 6.07) is 10.5. The quantitative estimate of drug-likeness (QED) is 0.537. The number of halogens is 2. The molecule has 0 saturated heterocycles. The molecule has 0 spiro atoms. The van der Waals surface area contributed by atoms with E-state index in [1.54, 1.807) is 0 Å². The fourth-order valence-corrected chi connectivity index (χ4v) is 6.07. The number of benzene rings is 2. The van der Waals surface area contributed by atoms with E-state index < -0.39 is 23.6 Å². The van der Waals surface area contributed by atoms with Crippen LogP contribution >= 0.6 is 0 Å². The molecule has 0 amide bonds. The Hall–Kier alpha value is -2.79. The molecule has 33 heavy (non-hydrogen) atoms. The molecule has 0 radical (unpaired) electrons. The molecule has 172 valence electrons. The second-order valence-corrected chi connectivity index (χ2v) is 9.71. The fraction of sp³-hybridized carbons (Fsp3) is 0.393. The number of carbonyl (C=O) groups is 1. The van der Waals surface area contributed by atoms with Crippen molar-refractivity contribution in [1.29, 1.82) is 0 Å². The summed E-state index contributed by atoms with van der Waals surface area (Å²) in [6.45, 7) is 3.02. The van der Waals surface area contributed by atoms with Gasteiger partial charge in [0.25, 0.3) is 0 Å². The minimum Gasteiger partial charge on any atom is -0.478 e. The lowest BCUT2D eigenvalue weighted by atomic mass is 9.83. The molecule has 0 bridgehead atoms. The van der Waals surface area contributed by atoms with Gasteiger partial charge in [-0.05, 0) is 84.6 Å². The highest BCUT2D eigenvalue weighted by atomic mass is 19.1. The van der Waals surface area contributed by atoms with Gasteiger partial charge < -0.3 is 5.11 Å². The second-order valence-electron chi connectivity index (χ2n) is 9.71. The SMILES string of the molecule is C[C@@H]1CC2=C(Cc3ccccc32)[C@@H](c2c(F)cc(/C=C/C(=O)O)cc2F)N1CC1CCCC1. The maximum Gasteiger partial charge on any atom is 0.328 e. The summed E-state index contributed by atoms with van der Waals surface area (Å²) >= 11 is 0. The van der Waals surface area contributed by atoms with Gasteiger partial charge in [0.05, 0.1) is 6.04 Å². The zero-order valence-corrected chi connectivity index (χ0v) is 18.9. The van der Waals surface area contributed by atoms with E-state index in [-0.39, 0.29) is 17.2 Å². The summed E-state index contributed by atoms with van der Waals surface area (Å²) in [5.41, 5.74) is 5.09. The van der Waals surface area contributed by atoms with Crippen molar-refractivity contribution in [2.24, 2.45) is 5.92 Å². The first-order chi connectivity index (χ1) is 15.9. The molecule has 3 nitrogen and oxygen atoms in total. The summed E-state index contributed by atoms with van der Waals surface area (Å²) in [5, 5.41) is 8.87. The lowest BCUT2D eigenvalue weighted by molar-refractivity contribution is -0.131. The van der Waals surface area contributed by atoms with E-state index in [4.69, 9.17) is 5.11 Å². The molecular formula is C28H29F2NO2. The Morgan fingerprint density at radius 3 is 2.55 bits per heavy atom. The number of hydrogen-bond donors (Lipinski definition) is 1. The number of carboxylic acids is 1. The number of carboxylic acid groups (broad SMARTS) is 1. The minimum atomic E-state index is -1.15. The Morgan fingerprint density at radius 1 is 1.15 bits per heavy atom. The summed E-state index contributed by atoms with van der Waals surface area (Å²) < 4.78 is 31.1. The second kappa shape index (κ2) is 8.86. The van der Waals surface area contributed by atoms with Gasteiger partial charge in [0.2, 0.25) is 0 Å². The summed E-state index contributed by atoms with van der Waals surface area (Å²) in [6.07, 6.45) is 8.53. The number of nitrogens with zero attached hydrogens (tertiary/aromatic N) is 1. The molecular weight excluding hydrogens is 420 g/mol. The van der Waals surface area contributed by atoms with Crippen LogP contribution in [-0.4, -0.2) is 28.6 Å². The topological polar surface area (TPSA) is 40.5 Å². The largest absolute Gasteiger partial charge is 0.478 e. The van der Waals surface area contributed by atoms with E-state index in [1.165, 1.54) is 60.6 Å². The van der Waals surface area contributed by atoms with Crippen molar-refractivity contribution in [2.45, 2.75) is 57.5 Å². The maximum atomic E-state index is 15.5. The first kappa shape index (κ1) is 22.0. The molecule has 1 saturated carbocycles. The van der Waals surface area contributed by atoms with Gasteiger partial charge in [-0.2, -0.15) is 0 Å². The van der Waals surface area contributed by atoms with Crippen LogP contribution in [0.5, 0.6) is 0 Å². The highest BCUT2D eigenvalue weighted by Gasteiger charge is 2.41. The molecule has 2 aromatic carbocycles. The van der Waals surface area contributed by atoms with Crippen LogP contribution < -0.4 is 0 Å². The molecule has 0 unspecified atom stereocenters. The van der Waals surface area contributed by atoms with Crippen LogP contribution in [0.25, 0.3) is 11.6 Å². The van der Waals surface area contributed by atoms with Crippen LogP contribution in [0, 0.1) is 17.6 Å². The zero-order chi connectivity index (χ0) is 23.1. The lowest BCUT2D eigenvalue weighted by Crippen LogP contribution is -2.44. The van der Waals surface area contributed by atoms with Gasteiger partial charge in [-0.1, -0.05) is 37.1 Å². The molecule has 1 heterocycles. The van der Waals surface area contributed by atoms with Gasteiger partial charge in [-0.3, -0.25) is 4.90 Å². The molecule has 1 aliphatic heterocycles. The van der Waals surface area contributed by atoms with E-state index in [1.807, 2.05) is 12.1 Å². The molecule has 2 aromatic rings. The van der Waals surface area contributed by atoms with Gasteiger partial charge >= 0.3 is 5.97 Å². The third kappa shape index (κ3) is 4.15. The molecule has 1 fully saturated rings. The van der Waals surface area contributed by atoms with Gasteiger partial charge in [-0.15, -0.1) is 0 Å². The Morgan fingerprint density at radius 2 is 1.85 bits per heavy atom. The number of fused-ring (bicyclic) bond motifs is 2. The number of rotatable bonds is 5. The van der Waals surface area contributed by atoms with Crippen molar-refractivity contribution in [1.82, 2.24) is 4.90 Å². The van der Waals surface area contributed by atoms with Crippen LogP contribution in [0.1, 0.15) is 67.3 Å². The van der Waals surface area contributed by atoms with E-state index >= 15 is 8.78 Å². The minimum absolute atomic E-state index is 0.0901. The lowest BCUT2D eigenvalue weighted by Gasteiger charge is -2.43. The Labute approximate surface area is 193 Å². The van der Waals surface area contributed by atoms with E-state index in [2.05, 4.69) is 24.0 Å². The van der Waals surface area contributed by atoms with Crippen LogP contribution in [-0.2, 0) is 11.2 Å². The summed E-state index contributed by atoms with van der Waals surface area (Å²) in [4.78, 5) is 13.2. The Balaban J connectivity index is 1.60. The standard InChI is InChI=1S/C28H29F2NO2/c1-17-12-22-21-9-5-4-8-20(21)15-23(22)28(31(17)16-18-6-2-3-7-18)27-24(29)13-19(14-25(27)30)10-11-26(32)33/h4-5,8-11,13-14,17-18,28H,2-3,6-7,12,15-16H2,1H3,(H,32,33)/b11-10+/t17-,28+/m1/s1. The van der Waals surface area contributed by atoms with Crippen molar-refractivity contribution in [2.75, 3.05) is 6.54 Å². The molecule has 2 aliphatic carbocycles. The number of hydrogen-bond acceptors (Lipinski definition) is 2. The predicted molar refractivity (Wildman–Crippen MR) is 126 cm³/mol. The van der Waals surface area contributed by atoms with Gasteiger partial charge in [0, 0.05) is 24.2 Å². The summed E-state index contributed by atoms with van der Waals surface area (Å²) in [5.74, 6) is -1.82. The van der Waals surface area contributed by atoms with Crippen LogP contribution in [0.4, 0.5) is 8.78 Å². The van der Waals surface area contributed by atoms with Crippen molar-refractivity contribution in [3.05, 3.63) is 81.9 Å². The Bertz CT molecular complexity index is 1120. The molecule has 2 atom stereocenters. The monoisotopic (exact) mass is 449 g/mol. The van der Waals surface area contributed by atoms with Crippen LogP contribution in [0.3, 0.4) is 0 Å². The van der Waals surface area contributed by atoms with Gasteiger partial charge in [-0.25, -0.2) is 13.6 Å². The molecule has 5 heteroatoms. The molecule has 5 rings (SSSR count). The molecule has 1 N–H and O–H groups in total. The van der Waals surface area contributed by atoms with Crippen LogP contribution in [0.2, 0.25) is 0 Å². The third-order valence-electron chi connectivity index (χ3n) is 7.58. The third-order valence-corrected chi connectivity index (χ3v) is 7.58. The average Bonchev–Trinajstić information content (AvgIpc) is 3.41. The van der Waals surface area contributed by atoms with Crippen molar-refractivity contribution >= 4 is 17.6 Å². The van der Waals surface area contributed by atoms with E-state index in [0.717, 1.165) is 24.6 Å². The van der Waals surface area contributed by atoms with Gasteiger partial charge in [0.1, 0.15) is 11.6 Å². The van der Waals surface area contributed by atoms with Gasteiger partial charge in [0.15, 0.2) is 0 Å². The zero-order valence-electron chi connectivity index (χ0n) is 18.9. The maximum absolute atomic E-state index is 15.5. The first-order valence-corrected chi connectivity index (χ1v) is 11.9. The first-order valence-electron chi connectivity index (χ1n) is 11.9. The fourth-order valence-electron chi connectivity index (χ4n) is 6.07. The molecule has 3 aliphatic rings. The smallest absolute Gasteiger partial charge is 0.328 e. The Kier molecular flexibility index (Phi) is 5.92. The number of aliphatic carboxylic acids is 1. The van der Waals surface area contributed by atoms with Crippen molar-refractivity contribution in [3.63, 3.8) is 0 Å². The van der Waals surface area contributed by atoms with Crippen molar-refractivity contribution < 1.29 is 18.7 Å². The van der Waals surface area contributed by atoms with Crippen molar-refractivity contribution in [3.8, 4) is 0 Å². The summed E-state index contributed by atoms with van der Waals surface area (Å²) in [7, 11) is 0. The highest BCUT2D eigenvalue weighted by molar-refractivity contribution is 5.85. The average molecular weight is 450 g/mol. The van der Waals surface area contributed by atoms with Crippen LogP contribution in [0.15, 0.2) is 48.0 Å².